The standard InChI is InChI=1S/C14H14N4O/c1-18-10-4-7-12(18)14(19)17-13-8-2-5-11(16-13)6-3-9-15/h2,4-5,7-8,10H,9,15H2,1H3,(H,16,17,19). The van der Waals surface area contributed by atoms with E-state index in [1.807, 2.05) is 19.3 Å². The van der Waals surface area contributed by atoms with Crippen molar-refractivity contribution in [1.82, 2.24) is 9.55 Å². The van der Waals surface area contributed by atoms with E-state index >= 15 is 0 Å². The second kappa shape index (κ2) is 5.85. The molecule has 0 bridgehead atoms. The van der Waals surface area contributed by atoms with Gasteiger partial charge in [0.05, 0.1) is 6.54 Å². The molecule has 5 nitrogen and oxygen atoms in total. The molecular formula is C14H14N4O. The van der Waals surface area contributed by atoms with Crippen LogP contribution in [0.25, 0.3) is 0 Å². The molecule has 0 saturated heterocycles. The zero-order valence-electron chi connectivity index (χ0n) is 10.6. The Labute approximate surface area is 111 Å². The monoisotopic (exact) mass is 254 g/mol. The van der Waals surface area contributed by atoms with E-state index in [9.17, 15) is 4.79 Å². The van der Waals surface area contributed by atoms with Crippen molar-refractivity contribution in [1.29, 1.82) is 0 Å². The maximum Gasteiger partial charge on any atom is 0.273 e. The topological polar surface area (TPSA) is 72.9 Å². The summed E-state index contributed by atoms with van der Waals surface area (Å²) in [7, 11) is 1.81. The predicted octanol–water partition coefficient (Wildman–Crippen LogP) is 0.983. The summed E-state index contributed by atoms with van der Waals surface area (Å²) in [5.41, 5.74) is 6.45. The molecule has 96 valence electrons. The van der Waals surface area contributed by atoms with E-state index in [2.05, 4.69) is 22.1 Å². The number of aryl methyl sites for hydroxylation is 1. The molecule has 1 amide bonds. The summed E-state index contributed by atoms with van der Waals surface area (Å²) >= 11 is 0. The van der Waals surface area contributed by atoms with Gasteiger partial charge in [-0.05, 0) is 30.2 Å². The molecule has 0 atom stereocenters. The van der Waals surface area contributed by atoms with Crippen LogP contribution >= 0.6 is 0 Å². The summed E-state index contributed by atoms with van der Waals surface area (Å²) in [6.45, 7) is 0.279. The second-order valence-corrected chi connectivity index (χ2v) is 3.87. The Morgan fingerprint density at radius 2 is 2.26 bits per heavy atom. The number of carbonyl (C=O) groups excluding carboxylic acids is 1. The van der Waals surface area contributed by atoms with Gasteiger partial charge in [0, 0.05) is 13.2 Å². The van der Waals surface area contributed by atoms with Gasteiger partial charge < -0.3 is 15.6 Å². The fourth-order valence-electron chi connectivity index (χ4n) is 1.59. The normalized spacial score (nSPS) is 9.58. The Balaban J connectivity index is 2.15. The Kier molecular flexibility index (Phi) is 3.96. The van der Waals surface area contributed by atoms with Crippen molar-refractivity contribution in [2.45, 2.75) is 0 Å². The van der Waals surface area contributed by atoms with E-state index < -0.39 is 0 Å². The van der Waals surface area contributed by atoms with Crippen molar-refractivity contribution in [2.75, 3.05) is 11.9 Å². The first-order valence-electron chi connectivity index (χ1n) is 5.79. The van der Waals surface area contributed by atoms with Gasteiger partial charge >= 0.3 is 0 Å². The third-order valence-electron chi connectivity index (χ3n) is 2.49. The first kappa shape index (κ1) is 12.9. The predicted molar refractivity (Wildman–Crippen MR) is 73.5 cm³/mol. The first-order chi connectivity index (χ1) is 9.20. The molecule has 3 N–H and O–H groups in total. The number of anilines is 1. The average molecular weight is 254 g/mol. The van der Waals surface area contributed by atoms with Gasteiger partial charge in [-0.1, -0.05) is 12.0 Å². The van der Waals surface area contributed by atoms with Crippen LogP contribution in [0.2, 0.25) is 0 Å². The van der Waals surface area contributed by atoms with Crippen molar-refractivity contribution >= 4 is 11.7 Å². The Morgan fingerprint density at radius 3 is 2.95 bits per heavy atom. The van der Waals surface area contributed by atoms with Gasteiger partial charge in [-0.3, -0.25) is 4.79 Å². The van der Waals surface area contributed by atoms with Crippen LogP contribution in [-0.4, -0.2) is 22.0 Å². The molecule has 0 aliphatic heterocycles. The van der Waals surface area contributed by atoms with Crippen molar-refractivity contribution in [2.24, 2.45) is 12.8 Å². The summed E-state index contributed by atoms with van der Waals surface area (Å²) in [5.74, 6) is 5.80. The molecular weight excluding hydrogens is 240 g/mol. The first-order valence-corrected chi connectivity index (χ1v) is 5.79. The Morgan fingerprint density at radius 1 is 1.42 bits per heavy atom. The number of nitrogens with zero attached hydrogens (tertiary/aromatic N) is 2. The van der Waals surface area contributed by atoms with Gasteiger partial charge in [0.2, 0.25) is 0 Å². The molecule has 0 spiro atoms. The molecule has 0 radical (unpaired) electrons. The maximum absolute atomic E-state index is 12.0. The smallest absolute Gasteiger partial charge is 0.273 e. The number of hydrogen-bond acceptors (Lipinski definition) is 3. The zero-order valence-corrected chi connectivity index (χ0v) is 10.6. The molecule has 5 heteroatoms. The number of pyridine rings is 1. The third-order valence-corrected chi connectivity index (χ3v) is 2.49. The van der Waals surface area contributed by atoms with Crippen LogP contribution in [0.4, 0.5) is 5.82 Å². The molecule has 0 aromatic carbocycles. The minimum absolute atomic E-state index is 0.205. The highest BCUT2D eigenvalue weighted by Gasteiger charge is 2.09. The summed E-state index contributed by atoms with van der Waals surface area (Å²) < 4.78 is 1.74. The fourth-order valence-corrected chi connectivity index (χ4v) is 1.59. The molecule has 19 heavy (non-hydrogen) atoms. The highest BCUT2D eigenvalue weighted by Crippen LogP contribution is 2.07. The summed E-state index contributed by atoms with van der Waals surface area (Å²) in [6, 6.07) is 8.82. The molecule has 0 unspecified atom stereocenters. The van der Waals surface area contributed by atoms with E-state index in [0.717, 1.165) is 0 Å². The van der Waals surface area contributed by atoms with Crippen LogP contribution in [0.15, 0.2) is 36.5 Å². The van der Waals surface area contributed by atoms with Crippen molar-refractivity contribution in [3.63, 3.8) is 0 Å². The lowest BCUT2D eigenvalue weighted by Crippen LogP contribution is -2.16. The highest BCUT2D eigenvalue weighted by atomic mass is 16.2. The average Bonchev–Trinajstić information content (AvgIpc) is 2.83. The summed E-state index contributed by atoms with van der Waals surface area (Å²) in [4.78, 5) is 16.2. The lowest BCUT2D eigenvalue weighted by Gasteiger charge is -2.05. The molecule has 2 heterocycles. The van der Waals surface area contributed by atoms with Crippen LogP contribution in [0.3, 0.4) is 0 Å². The zero-order chi connectivity index (χ0) is 13.7. The maximum atomic E-state index is 12.0. The van der Waals surface area contributed by atoms with Crippen LogP contribution in [-0.2, 0) is 7.05 Å². The lowest BCUT2D eigenvalue weighted by atomic mass is 10.3. The van der Waals surface area contributed by atoms with Gasteiger partial charge in [-0.15, -0.1) is 0 Å². The van der Waals surface area contributed by atoms with E-state index in [0.29, 0.717) is 17.2 Å². The van der Waals surface area contributed by atoms with Gasteiger partial charge in [-0.25, -0.2) is 4.98 Å². The molecule has 2 aromatic heterocycles. The van der Waals surface area contributed by atoms with E-state index in [-0.39, 0.29) is 12.5 Å². The highest BCUT2D eigenvalue weighted by molar-refractivity contribution is 6.02. The van der Waals surface area contributed by atoms with Crippen molar-refractivity contribution in [3.8, 4) is 11.8 Å². The number of carbonyl (C=O) groups is 1. The molecule has 0 fully saturated rings. The quantitative estimate of drug-likeness (QED) is 0.785. The van der Waals surface area contributed by atoms with Gasteiger partial charge in [0.15, 0.2) is 0 Å². The van der Waals surface area contributed by atoms with E-state index in [1.165, 1.54) is 0 Å². The van der Waals surface area contributed by atoms with Crippen LogP contribution in [0.5, 0.6) is 0 Å². The summed E-state index contributed by atoms with van der Waals surface area (Å²) in [6.07, 6.45) is 1.81. The van der Waals surface area contributed by atoms with E-state index in [4.69, 9.17) is 5.73 Å². The Bertz CT molecular complexity index is 649. The van der Waals surface area contributed by atoms with Crippen LogP contribution in [0.1, 0.15) is 16.2 Å². The number of aromatic nitrogens is 2. The number of hydrogen-bond donors (Lipinski definition) is 2. The number of nitrogens with two attached hydrogens (primary N) is 1. The number of nitrogens with one attached hydrogen (secondary N) is 1. The van der Waals surface area contributed by atoms with Gasteiger partial charge in [0.1, 0.15) is 17.2 Å². The van der Waals surface area contributed by atoms with Crippen LogP contribution < -0.4 is 11.1 Å². The fraction of sp³-hybridized carbons (Fsp3) is 0.143. The van der Waals surface area contributed by atoms with Gasteiger partial charge in [0.25, 0.3) is 5.91 Å². The summed E-state index contributed by atoms with van der Waals surface area (Å²) in [5, 5.41) is 2.73. The second-order valence-electron chi connectivity index (χ2n) is 3.87. The largest absolute Gasteiger partial charge is 0.347 e. The lowest BCUT2D eigenvalue weighted by molar-refractivity contribution is 0.101. The number of amides is 1. The molecule has 0 saturated carbocycles. The minimum Gasteiger partial charge on any atom is -0.347 e. The van der Waals surface area contributed by atoms with Gasteiger partial charge in [-0.2, -0.15) is 0 Å². The van der Waals surface area contributed by atoms with E-state index in [1.54, 1.807) is 28.8 Å². The Hall–Kier alpha value is -2.58. The number of rotatable bonds is 2. The third kappa shape index (κ3) is 3.21. The SMILES string of the molecule is Cn1cccc1C(=O)Nc1cccc(C#CCN)n1. The minimum atomic E-state index is -0.205. The van der Waals surface area contributed by atoms with Crippen LogP contribution in [0, 0.1) is 11.8 Å². The van der Waals surface area contributed by atoms with Crippen molar-refractivity contribution < 1.29 is 4.79 Å². The molecule has 0 aliphatic carbocycles. The molecule has 2 aromatic rings. The van der Waals surface area contributed by atoms with Crippen molar-refractivity contribution in [3.05, 3.63) is 47.9 Å². The molecule has 0 aliphatic rings. The molecule has 2 rings (SSSR count).